The lowest BCUT2D eigenvalue weighted by atomic mass is 10.0. The van der Waals surface area contributed by atoms with Crippen LogP contribution in [0.3, 0.4) is 0 Å². The van der Waals surface area contributed by atoms with Gasteiger partial charge in [-0.15, -0.1) is 0 Å². The molecule has 194 valence electrons. The second-order valence-corrected chi connectivity index (χ2v) is 8.46. The summed E-state index contributed by atoms with van der Waals surface area (Å²) in [7, 11) is 0. The molecular weight excluding hydrogens is 481 g/mol. The molecule has 0 unspecified atom stereocenters. The molecule has 0 radical (unpaired) electrons. The second-order valence-electron chi connectivity index (χ2n) is 8.07. The fourth-order valence-corrected chi connectivity index (χ4v) is 3.93. The van der Waals surface area contributed by atoms with Crippen LogP contribution < -0.4 is 10.2 Å². The van der Waals surface area contributed by atoms with Crippen LogP contribution in [0.5, 0.6) is 0 Å². The number of urea groups is 1. The summed E-state index contributed by atoms with van der Waals surface area (Å²) in [5.74, 6) is 0.858. The zero-order valence-electron chi connectivity index (χ0n) is 20.7. The standard InChI is InChI=1S/C21H25ClN4O2.C2H3F3.C2H6/c1-15-4-5-17(23-21(27)26-6-2-3-7-26)14-18(15)16-12-19(22)24-20(13-16)25-8-10-28-11-9-25;1-2(3,4)5;1-2/h4-5,12-14H,2-3,6-11H2,1H3,(H,23,27);1H3;1-2H3. The van der Waals surface area contributed by atoms with Gasteiger partial charge in [0.1, 0.15) is 11.0 Å². The molecule has 6 nitrogen and oxygen atoms in total. The van der Waals surface area contributed by atoms with E-state index in [2.05, 4.69) is 28.2 Å². The Morgan fingerprint density at radius 2 is 1.66 bits per heavy atom. The van der Waals surface area contributed by atoms with Crippen molar-refractivity contribution >= 4 is 29.1 Å². The van der Waals surface area contributed by atoms with Crippen LogP contribution in [-0.2, 0) is 4.74 Å². The van der Waals surface area contributed by atoms with Crippen LogP contribution in [0.25, 0.3) is 11.1 Å². The van der Waals surface area contributed by atoms with Gasteiger partial charge < -0.3 is 19.9 Å². The van der Waals surface area contributed by atoms with Crippen molar-refractivity contribution < 1.29 is 22.7 Å². The van der Waals surface area contributed by atoms with E-state index in [1.165, 1.54) is 0 Å². The summed E-state index contributed by atoms with van der Waals surface area (Å²) in [6, 6.07) is 9.88. The number of aryl methyl sites for hydroxylation is 1. The Balaban J connectivity index is 0.000000551. The summed E-state index contributed by atoms with van der Waals surface area (Å²) < 4.78 is 36.5. The summed E-state index contributed by atoms with van der Waals surface area (Å²) in [4.78, 5) is 21.0. The zero-order chi connectivity index (χ0) is 26.0. The SMILES string of the molecule is CC.CC(F)(F)F.Cc1ccc(NC(=O)N2CCCC2)cc1-c1cc(Cl)nc(N2CCOCC2)c1. The van der Waals surface area contributed by atoms with Crippen LogP contribution in [0, 0.1) is 6.92 Å². The molecule has 0 atom stereocenters. The number of likely N-dealkylation sites (tertiary alicyclic amines) is 1. The number of nitrogens with one attached hydrogen (secondary N) is 1. The molecule has 2 saturated heterocycles. The first-order valence-electron chi connectivity index (χ1n) is 11.8. The van der Waals surface area contributed by atoms with Gasteiger partial charge in [-0.1, -0.05) is 31.5 Å². The van der Waals surface area contributed by atoms with E-state index in [1.54, 1.807) is 0 Å². The van der Waals surface area contributed by atoms with Crippen molar-refractivity contribution in [1.29, 1.82) is 0 Å². The molecule has 2 aliphatic heterocycles. The lowest BCUT2D eigenvalue weighted by Gasteiger charge is -2.28. The van der Waals surface area contributed by atoms with Gasteiger partial charge >= 0.3 is 12.2 Å². The lowest BCUT2D eigenvalue weighted by Crippen LogP contribution is -2.36. The maximum Gasteiger partial charge on any atom is 0.386 e. The average molecular weight is 515 g/mol. The summed E-state index contributed by atoms with van der Waals surface area (Å²) in [5, 5.41) is 3.49. The second kappa shape index (κ2) is 13.5. The van der Waals surface area contributed by atoms with E-state index in [0.717, 1.165) is 67.2 Å². The smallest absolute Gasteiger partial charge is 0.378 e. The molecule has 2 fully saturated rings. The summed E-state index contributed by atoms with van der Waals surface area (Å²) in [5.41, 5.74) is 3.95. The van der Waals surface area contributed by atoms with Gasteiger partial charge in [-0.2, -0.15) is 13.2 Å². The Kier molecular flexibility index (Phi) is 11.1. The van der Waals surface area contributed by atoms with Gasteiger partial charge in [0.05, 0.1) is 13.2 Å². The molecule has 1 N–H and O–H groups in total. The summed E-state index contributed by atoms with van der Waals surface area (Å²) >= 11 is 6.34. The third-order valence-corrected chi connectivity index (χ3v) is 5.50. The normalized spacial score (nSPS) is 15.5. The van der Waals surface area contributed by atoms with E-state index in [-0.39, 0.29) is 13.0 Å². The van der Waals surface area contributed by atoms with Crippen LogP contribution in [0.4, 0.5) is 29.5 Å². The van der Waals surface area contributed by atoms with Crippen molar-refractivity contribution in [3.63, 3.8) is 0 Å². The zero-order valence-corrected chi connectivity index (χ0v) is 21.5. The maximum atomic E-state index is 12.4. The highest BCUT2D eigenvalue weighted by Crippen LogP contribution is 2.31. The highest BCUT2D eigenvalue weighted by molar-refractivity contribution is 6.29. The number of halogens is 4. The Bertz CT molecular complexity index is 954. The van der Waals surface area contributed by atoms with E-state index in [4.69, 9.17) is 16.3 Å². The molecule has 35 heavy (non-hydrogen) atoms. The summed E-state index contributed by atoms with van der Waals surface area (Å²) in [6.07, 6.45) is -1.85. The van der Waals surface area contributed by atoms with Crippen molar-refractivity contribution in [1.82, 2.24) is 9.88 Å². The fraction of sp³-hybridized carbons (Fsp3) is 0.520. The van der Waals surface area contributed by atoms with Gasteiger partial charge in [0.2, 0.25) is 0 Å². The van der Waals surface area contributed by atoms with Crippen molar-refractivity contribution in [3.8, 4) is 11.1 Å². The maximum absolute atomic E-state index is 12.4. The molecule has 1 aromatic heterocycles. The molecule has 0 spiro atoms. The first kappa shape index (κ1) is 28.7. The number of rotatable bonds is 3. The first-order chi connectivity index (χ1) is 16.6. The van der Waals surface area contributed by atoms with Crippen LogP contribution in [0.1, 0.15) is 39.2 Å². The van der Waals surface area contributed by atoms with Gasteiger partial charge in [0, 0.05) is 38.8 Å². The topological polar surface area (TPSA) is 57.7 Å². The Labute approximate surface area is 210 Å². The third-order valence-electron chi connectivity index (χ3n) is 5.31. The number of carbonyl (C=O) groups excluding carboxylic acids is 1. The number of anilines is 2. The molecule has 0 saturated carbocycles. The van der Waals surface area contributed by atoms with Crippen molar-refractivity contribution in [2.24, 2.45) is 0 Å². The molecule has 2 aliphatic rings. The van der Waals surface area contributed by atoms with Gasteiger partial charge in [0.25, 0.3) is 0 Å². The van der Waals surface area contributed by atoms with Gasteiger partial charge in [-0.05, 0) is 60.7 Å². The molecule has 1 aromatic carbocycles. The van der Waals surface area contributed by atoms with Gasteiger partial charge in [-0.25, -0.2) is 9.78 Å². The van der Waals surface area contributed by atoms with E-state index in [1.807, 2.05) is 43.0 Å². The number of morpholine rings is 1. The number of ether oxygens (including phenoxy) is 1. The predicted molar refractivity (Wildman–Crippen MR) is 135 cm³/mol. The van der Waals surface area contributed by atoms with Crippen LogP contribution in [-0.4, -0.2) is 61.5 Å². The summed E-state index contributed by atoms with van der Waals surface area (Å²) in [6.45, 7) is 10.9. The fourth-order valence-electron chi connectivity index (χ4n) is 3.73. The number of hydrogen-bond acceptors (Lipinski definition) is 4. The van der Waals surface area contributed by atoms with E-state index in [9.17, 15) is 18.0 Å². The van der Waals surface area contributed by atoms with Crippen molar-refractivity contribution in [2.45, 2.75) is 46.7 Å². The highest BCUT2D eigenvalue weighted by Gasteiger charge is 2.19. The van der Waals surface area contributed by atoms with E-state index in [0.29, 0.717) is 18.4 Å². The van der Waals surface area contributed by atoms with Crippen LogP contribution in [0.2, 0.25) is 5.15 Å². The first-order valence-corrected chi connectivity index (χ1v) is 12.2. The quantitative estimate of drug-likeness (QED) is 0.459. The Morgan fingerprint density at radius 1 is 1.06 bits per heavy atom. The number of aromatic nitrogens is 1. The molecule has 0 bridgehead atoms. The number of amides is 2. The third kappa shape index (κ3) is 9.57. The van der Waals surface area contributed by atoms with Gasteiger partial charge in [-0.3, -0.25) is 0 Å². The molecule has 10 heteroatoms. The number of hydrogen-bond donors (Lipinski definition) is 1. The van der Waals surface area contributed by atoms with E-state index < -0.39 is 6.18 Å². The van der Waals surface area contributed by atoms with Gasteiger partial charge in [0.15, 0.2) is 0 Å². The average Bonchev–Trinajstić information content (AvgIpc) is 3.36. The number of pyridine rings is 1. The predicted octanol–water partition coefficient (Wildman–Crippen LogP) is 6.77. The monoisotopic (exact) mass is 514 g/mol. The highest BCUT2D eigenvalue weighted by atomic mass is 35.5. The minimum atomic E-state index is -4.00. The number of carbonyl (C=O) groups is 1. The van der Waals surface area contributed by atoms with Crippen molar-refractivity contribution in [2.75, 3.05) is 49.6 Å². The number of benzene rings is 1. The Morgan fingerprint density at radius 3 is 2.26 bits per heavy atom. The molecule has 2 amide bonds. The molecular formula is C25H34ClF3N4O2. The minimum absolute atomic E-state index is 0.0333. The molecule has 3 heterocycles. The number of nitrogens with zero attached hydrogens (tertiary/aromatic N) is 3. The Hall–Kier alpha value is -2.52. The largest absolute Gasteiger partial charge is 0.386 e. The van der Waals surface area contributed by atoms with E-state index >= 15 is 0 Å². The lowest BCUT2D eigenvalue weighted by molar-refractivity contribution is -0.110. The van der Waals surface area contributed by atoms with Crippen LogP contribution in [0.15, 0.2) is 30.3 Å². The number of alkyl halides is 3. The molecule has 0 aliphatic carbocycles. The molecule has 4 rings (SSSR count). The molecule has 2 aromatic rings. The van der Waals surface area contributed by atoms with Crippen molar-refractivity contribution in [3.05, 3.63) is 41.0 Å². The van der Waals surface area contributed by atoms with Crippen LogP contribution >= 0.6 is 11.6 Å². The minimum Gasteiger partial charge on any atom is -0.378 e.